The highest BCUT2D eigenvalue weighted by Gasteiger charge is 2.05. The van der Waals surface area contributed by atoms with Gasteiger partial charge in [-0.3, -0.25) is 0 Å². The minimum atomic E-state index is -0.470. The van der Waals surface area contributed by atoms with Gasteiger partial charge in [0.2, 0.25) is 0 Å². The Hall–Kier alpha value is -0.340. The zero-order valence-corrected chi connectivity index (χ0v) is 8.86. The van der Waals surface area contributed by atoms with Crippen LogP contribution in [0.2, 0.25) is 5.02 Å². The molecular weight excluding hydrogens is 291 g/mol. The molecule has 0 unspecified atom stereocenters. The van der Waals surface area contributed by atoms with Gasteiger partial charge < -0.3 is 0 Å². The van der Waals surface area contributed by atoms with Crippen molar-refractivity contribution in [3.63, 3.8) is 0 Å². The lowest BCUT2D eigenvalue weighted by Gasteiger charge is -2.00. The fourth-order valence-electron chi connectivity index (χ4n) is 0.784. The van der Waals surface area contributed by atoms with Crippen LogP contribution in [0.15, 0.2) is 12.1 Å². The van der Waals surface area contributed by atoms with Crippen LogP contribution >= 0.6 is 34.2 Å². The molecule has 0 amide bonds. The number of rotatable bonds is 1. The van der Waals surface area contributed by atoms with Crippen molar-refractivity contribution in [1.82, 2.24) is 0 Å². The first kappa shape index (κ1) is 9.75. The first-order valence-corrected chi connectivity index (χ1v) is 4.61. The number of hydrogen-bond donors (Lipinski definition) is 0. The SMILES string of the molecule is N#CCc1cc(F)c(Cl)cc1I. The molecule has 1 aromatic carbocycles. The monoisotopic (exact) mass is 295 g/mol. The molecule has 0 radical (unpaired) electrons. The molecule has 0 aliphatic carbocycles. The van der Waals surface area contributed by atoms with Gasteiger partial charge in [-0.15, -0.1) is 0 Å². The fourth-order valence-corrected chi connectivity index (χ4v) is 1.79. The molecule has 0 atom stereocenters. The lowest BCUT2D eigenvalue weighted by Crippen LogP contribution is -1.89. The van der Waals surface area contributed by atoms with E-state index in [1.54, 1.807) is 0 Å². The fraction of sp³-hybridized carbons (Fsp3) is 0.125. The summed E-state index contributed by atoms with van der Waals surface area (Å²) in [5.41, 5.74) is 0.681. The third-order valence-corrected chi connectivity index (χ3v) is 2.65. The molecule has 0 spiro atoms. The highest BCUT2D eigenvalue weighted by molar-refractivity contribution is 14.1. The number of benzene rings is 1. The standard InChI is InChI=1S/C8H4ClFIN/c9-6-4-8(11)5(1-2-12)3-7(6)10/h3-4H,1H2. The van der Waals surface area contributed by atoms with Crippen LogP contribution in [-0.2, 0) is 6.42 Å². The summed E-state index contributed by atoms with van der Waals surface area (Å²) in [4.78, 5) is 0. The van der Waals surface area contributed by atoms with Crippen molar-refractivity contribution in [1.29, 1.82) is 5.26 Å². The number of hydrogen-bond acceptors (Lipinski definition) is 1. The maximum Gasteiger partial charge on any atom is 0.142 e. The maximum atomic E-state index is 12.8. The van der Waals surface area contributed by atoms with Gasteiger partial charge in [0.1, 0.15) is 5.82 Å². The average Bonchev–Trinajstić information content (AvgIpc) is 2.01. The van der Waals surface area contributed by atoms with Gasteiger partial charge in [-0.2, -0.15) is 5.26 Å². The van der Waals surface area contributed by atoms with Crippen LogP contribution in [0.3, 0.4) is 0 Å². The van der Waals surface area contributed by atoms with E-state index < -0.39 is 5.82 Å². The van der Waals surface area contributed by atoms with E-state index in [4.69, 9.17) is 16.9 Å². The normalized spacial score (nSPS) is 9.50. The molecule has 0 aliphatic heterocycles. The zero-order chi connectivity index (χ0) is 9.14. The Balaban J connectivity index is 3.16. The molecule has 0 aromatic heterocycles. The van der Waals surface area contributed by atoms with Gasteiger partial charge in [0.15, 0.2) is 0 Å². The van der Waals surface area contributed by atoms with Gasteiger partial charge in [-0.1, -0.05) is 11.6 Å². The van der Waals surface area contributed by atoms with Crippen LogP contribution in [0.25, 0.3) is 0 Å². The third kappa shape index (κ3) is 2.08. The Morgan fingerprint density at radius 1 is 1.58 bits per heavy atom. The Bertz CT molecular complexity index is 346. The molecule has 0 heterocycles. The number of nitrogens with zero attached hydrogens (tertiary/aromatic N) is 1. The average molecular weight is 295 g/mol. The lowest BCUT2D eigenvalue weighted by atomic mass is 10.2. The van der Waals surface area contributed by atoms with Gasteiger partial charge in [0, 0.05) is 3.57 Å². The summed E-state index contributed by atoms with van der Waals surface area (Å²) in [5.74, 6) is -0.470. The van der Waals surface area contributed by atoms with E-state index in [2.05, 4.69) is 0 Å². The molecule has 4 heteroatoms. The lowest BCUT2D eigenvalue weighted by molar-refractivity contribution is 0.626. The van der Waals surface area contributed by atoms with Crippen molar-refractivity contribution in [3.8, 4) is 6.07 Å². The first-order chi connectivity index (χ1) is 5.65. The zero-order valence-electron chi connectivity index (χ0n) is 5.94. The molecular formula is C8H4ClFIN. The molecule has 0 aliphatic rings. The summed E-state index contributed by atoms with van der Waals surface area (Å²) in [5, 5.41) is 8.49. The Morgan fingerprint density at radius 3 is 2.83 bits per heavy atom. The van der Waals surface area contributed by atoms with Crippen LogP contribution in [0, 0.1) is 20.7 Å². The third-order valence-electron chi connectivity index (χ3n) is 1.36. The predicted octanol–water partition coefficient (Wildman–Crippen LogP) is 3.15. The molecule has 0 saturated carbocycles. The van der Waals surface area contributed by atoms with Gasteiger partial charge in [0.05, 0.1) is 17.5 Å². The van der Waals surface area contributed by atoms with Crippen LogP contribution < -0.4 is 0 Å². The molecule has 1 rings (SSSR count). The predicted molar refractivity (Wildman–Crippen MR) is 53.4 cm³/mol. The number of halogens is 3. The summed E-state index contributed by atoms with van der Waals surface area (Å²) in [6.07, 6.45) is 0.215. The van der Waals surface area contributed by atoms with Gasteiger partial charge in [0.25, 0.3) is 0 Å². The van der Waals surface area contributed by atoms with Crippen LogP contribution in [0.5, 0.6) is 0 Å². The van der Waals surface area contributed by atoms with Crippen LogP contribution in [0.1, 0.15) is 5.56 Å². The minimum absolute atomic E-state index is 0.0982. The largest absolute Gasteiger partial charge is 0.205 e. The van der Waals surface area contributed by atoms with E-state index in [0.717, 1.165) is 3.57 Å². The molecule has 0 saturated heterocycles. The molecule has 1 nitrogen and oxygen atoms in total. The van der Waals surface area contributed by atoms with E-state index in [-0.39, 0.29) is 11.4 Å². The summed E-state index contributed by atoms with van der Waals surface area (Å²) in [7, 11) is 0. The van der Waals surface area contributed by atoms with Crippen molar-refractivity contribution in [2.45, 2.75) is 6.42 Å². The molecule has 12 heavy (non-hydrogen) atoms. The quantitative estimate of drug-likeness (QED) is 0.577. The topological polar surface area (TPSA) is 23.8 Å². The number of nitriles is 1. The summed E-state index contributed by atoms with van der Waals surface area (Å²) in [6, 6.07) is 4.77. The van der Waals surface area contributed by atoms with Crippen molar-refractivity contribution in [3.05, 3.63) is 32.1 Å². The first-order valence-electron chi connectivity index (χ1n) is 3.15. The summed E-state index contributed by atoms with van der Waals surface area (Å²) >= 11 is 7.55. The Labute approximate surface area is 88.3 Å². The molecule has 0 fully saturated rings. The second-order valence-corrected chi connectivity index (χ2v) is 3.76. The minimum Gasteiger partial charge on any atom is -0.205 e. The van der Waals surface area contributed by atoms with Crippen LogP contribution in [0.4, 0.5) is 4.39 Å². The summed E-state index contributed by atoms with van der Waals surface area (Å²) in [6.45, 7) is 0. The van der Waals surface area contributed by atoms with Gasteiger partial charge in [-0.25, -0.2) is 4.39 Å². The van der Waals surface area contributed by atoms with Gasteiger partial charge in [-0.05, 0) is 40.3 Å². The summed E-state index contributed by atoms with van der Waals surface area (Å²) < 4.78 is 13.7. The van der Waals surface area contributed by atoms with Crippen molar-refractivity contribution >= 4 is 34.2 Å². The second kappa shape index (κ2) is 4.06. The van der Waals surface area contributed by atoms with E-state index in [1.807, 2.05) is 28.7 Å². The van der Waals surface area contributed by atoms with Crippen molar-refractivity contribution in [2.75, 3.05) is 0 Å². The van der Waals surface area contributed by atoms with Crippen LogP contribution in [-0.4, -0.2) is 0 Å². The highest BCUT2D eigenvalue weighted by Crippen LogP contribution is 2.21. The van der Waals surface area contributed by atoms with Crippen molar-refractivity contribution < 1.29 is 4.39 Å². The molecule has 0 bridgehead atoms. The molecule has 0 N–H and O–H groups in total. The van der Waals surface area contributed by atoms with E-state index >= 15 is 0 Å². The second-order valence-electron chi connectivity index (χ2n) is 2.19. The van der Waals surface area contributed by atoms with E-state index in [9.17, 15) is 4.39 Å². The Morgan fingerprint density at radius 2 is 2.25 bits per heavy atom. The van der Waals surface area contributed by atoms with E-state index in [1.165, 1.54) is 12.1 Å². The highest BCUT2D eigenvalue weighted by atomic mass is 127. The maximum absolute atomic E-state index is 12.8. The smallest absolute Gasteiger partial charge is 0.142 e. The van der Waals surface area contributed by atoms with E-state index in [0.29, 0.717) is 5.56 Å². The Kier molecular flexibility index (Phi) is 3.29. The van der Waals surface area contributed by atoms with Crippen molar-refractivity contribution in [2.24, 2.45) is 0 Å². The van der Waals surface area contributed by atoms with Gasteiger partial charge >= 0.3 is 0 Å². The molecule has 62 valence electrons. The molecule has 1 aromatic rings.